The smallest absolute Gasteiger partial charge is 0.349 e. The minimum Gasteiger partial charge on any atom is -0.460 e. The minimum atomic E-state index is -1.83. The van der Waals surface area contributed by atoms with Crippen LogP contribution in [0.4, 0.5) is 14.5 Å². The molecule has 2 heterocycles. The molecule has 38 heavy (non-hydrogen) atoms. The molecule has 0 aliphatic heterocycles. The van der Waals surface area contributed by atoms with Crippen LogP contribution in [0.15, 0.2) is 47.2 Å². The fourth-order valence-corrected chi connectivity index (χ4v) is 6.27. The first-order valence-corrected chi connectivity index (χ1v) is 13.9. The van der Waals surface area contributed by atoms with Gasteiger partial charge in [0.2, 0.25) is 11.5 Å². The molecule has 1 amide bonds. The van der Waals surface area contributed by atoms with Gasteiger partial charge in [0, 0.05) is 25.1 Å². The van der Waals surface area contributed by atoms with E-state index in [1.807, 2.05) is 11.9 Å². The Balaban J connectivity index is 1.26. The Labute approximate surface area is 227 Å². The molecule has 0 atom stereocenters. The van der Waals surface area contributed by atoms with Gasteiger partial charge in [0.1, 0.15) is 17.7 Å². The molecule has 7 nitrogen and oxygen atoms in total. The van der Waals surface area contributed by atoms with E-state index >= 15 is 0 Å². The van der Waals surface area contributed by atoms with Gasteiger partial charge in [0.25, 0.3) is 0 Å². The minimum absolute atomic E-state index is 0.0660. The third kappa shape index (κ3) is 6.17. The lowest BCUT2D eigenvalue weighted by atomic mass is 9.91. The maximum atomic E-state index is 14.0. The Hall–Kier alpha value is -2.99. The number of hydrogen-bond acceptors (Lipinski definition) is 8. The van der Waals surface area contributed by atoms with Crippen molar-refractivity contribution in [1.82, 2.24) is 4.90 Å². The highest BCUT2D eigenvalue weighted by atomic mass is 32.1. The Morgan fingerprint density at radius 3 is 2.29 bits per heavy atom. The summed E-state index contributed by atoms with van der Waals surface area (Å²) in [4.78, 5) is 39.2. The summed E-state index contributed by atoms with van der Waals surface area (Å²) in [6.07, 6.45) is 2.66. The third-order valence-electron chi connectivity index (χ3n) is 6.77. The lowest BCUT2D eigenvalue weighted by Gasteiger charge is -2.35. The summed E-state index contributed by atoms with van der Waals surface area (Å²) in [5.41, 5.74) is -2.56. The molecule has 2 aromatic heterocycles. The van der Waals surface area contributed by atoms with Crippen molar-refractivity contribution in [1.29, 1.82) is 0 Å². The Morgan fingerprint density at radius 1 is 1.11 bits per heavy atom. The fraction of sp³-hybridized carbons (Fsp3) is 0.370. The molecule has 11 heteroatoms. The standard InChI is InChI=1S/C27H28F2N2O5S2/c1-31(11-10-25(33)30-22-15-20(28)17(16-32)14-21(22)29)18-6-8-19(9-7-18)36-26(34)27(35,23-4-2-12-37-23)24-5-3-13-38-24/h2-5,12-16,18-19,35H,6-11H2,1H3,(H,30,33). The maximum absolute atomic E-state index is 14.0. The molecule has 4 rings (SSSR count). The van der Waals surface area contributed by atoms with Gasteiger partial charge in [-0.3, -0.25) is 9.59 Å². The van der Waals surface area contributed by atoms with Crippen LogP contribution in [0.3, 0.4) is 0 Å². The number of anilines is 1. The number of hydrogen-bond donors (Lipinski definition) is 2. The number of aliphatic hydroxyl groups is 1. The molecule has 0 saturated heterocycles. The predicted molar refractivity (Wildman–Crippen MR) is 141 cm³/mol. The molecule has 202 valence electrons. The van der Waals surface area contributed by atoms with Crippen LogP contribution in [0, 0.1) is 11.6 Å². The van der Waals surface area contributed by atoms with Gasteiger partial charge in [-0.05, 0) is 61.7 Å². The van der Waals surface area contributed by atoms with E-state index in [2.05, 4.69) is 5.32 Å². The van der Waals surface area contributed by atoms with Gasteiger partial charge in [-0.25, -0.2) is 13.6 Å². The molecule has 0 bridgehead atoms. The second-order valence-electron chi connectivity index (χ2n) is 9.25. The molecule has 0 radical (unpaired) electrons. The van der Waals surface area contributed by atoms with E-state index in [9.17, 15) is 28.3 Å². The number of rotatable bonds is 10. The summed E-state index contributed by atoms with van der Waals surface area (Å²) in [6.45, 7) is 0.397. The third-order valence-corrected chi connectivity index (χ3v) is 8.73. The van der Waals surface area contributed by atoms with Crippen molar-refractivity contribution in [2.24, 2.45) is 0 Å². The van der Waals surface area contributed by atoms with Crippen LogP contribution >= 0.6 is 22.7 Å². The van der Waals surface area contributed by atoms with Crippen molar-refractivity contribution in [2.75, 3.05) is 18.9 Å². The second kappa shape index (κ2) is 12.2. The van der Waals surface area contributed by atoms with Crippen molar-refractivity contribution < 1.29 is 33.0 Å². The number of benzene rings is 1. The first-order chi connectivity index (χ1) is 18.2. The van der Waals surface area contributed by atoms with Crippen LogP contribution in [-0.2, 0) is 19.9 Å². The van der Waals surface area contributed by atoms with Crippen LogP contribution in [0.2, 0.25) is 0 Å². The van der Waals surface area contributed by atoms with Crippen LogP contribution < -0.4 is 5.32 Å². The zero-order valence-electron chi connectivity index (χ0n) is 20.7. The molecule has 1 aliphatic rings. The van der Waals surface area contributed by atoms with Crippen molar-refractivity contribution in [3.63, 3.8) is 0 Å². The van der Waals surface area contributed by atoms with Crippen LogP contribution in [0.1, 0.15) is 52.2 Å². The summed E-state index contributed by atoms with van der Waals surface area (Å²) >= 11 is 2.59. The Bertz CT molecular complexity index is 1220. The van der Waals surface area contributed by atoms with Gasteiger partial charge in [-0.1, -0.05) is 12.1 Å². The van der Waals surface area contributed by atoms with Crippen molar-refractivity contribution >= 4 is 46.5 Å². The molecule has 0 spiro atoms. The van der Waals surface area contributed by atoms with E-state index < -0.39 is 34.7 Å². The normalized spacial score (nSPS) is 17.8. The van der Waals surface area contributed by atoms with E-state index in [4.69, 9.17) is 4.74 Å². The number of aldehydes is 1. The highest BCUT2D eigenvalue weighted by molar-refractivity contribution is 7.12. The highest BCUT2D eigenvalue weighted by Gasteiger charge is 2.45. The number of halogens is 2. The zero-order valence-corrected chi connectivity index (χ0v) is 22.3. The molecule has 1 aliphatic carbocycles. The van der Waals surface area contributed by atoms with Crippen molar-refractivity contribution in [3.8, 4) is 0 Å². The number of nitrogens with zero attached hydrogens (tertiary/aromatic N) is 1. The first kappa shape index (κ1) is 28.0. The lowest BCUT2D eigenvalue weighted by molar-refractivity contribution is -0.169. The monoisotopic (exact) mass is 562 g/mol. The van der Waals surface area contributed by atoms with Crippen molar-refractivity contribution in [2.45, 2.75) is 49.9 Å². The second-order valence-corrected chi connectivity index (χ2v) is 11.1. The number of carbonyl (C=O) groups excluding carboxylic acids is 3. The van der Waals surface area contributed by atoms with Gasteiger partial charge < -0.3 is 20.1 Å². The Morgan fingerprint density at radius 2 is 1.74 bits per heavy atom. The highest BCUT2D eigenvalue weighted by Crippen LogP contribution is 2.38. The van der Waals surface area contributed by atoms with E-state index in [0.717, 1.165) is 25.0 Å². The molecular weight excluding hydrogens is 534 g/mol. The topological polar surface area (TPSA) is 95.9 Å². The van der Waals surface area contributed by atoms with Gasteiger partial charge in [-0.15, -0.1) is 22.7 Å². The predicted octanol–water partition coefficient (Wildman–Crippen LogP) is 4.95. The van der Waals surface area contributed by atoms with E-state index in [0.29, 0.717) is 29.1 Å². The molecule has 1 aromatic carbocycles. The largest absolute Gasteiger partial charge is 0.460 e. The fourth-order valence-electron chi connectivity index (χ4n) is 4.55. The zero-order chi connectivity index (χ0) is 27.3. The quantitative estimate of drug-likeness (QED) is 0.268. The SMILES string of the molecule is CN(CCC(=O)Nc1cc(F)c(C=O)cc1F)C1CCC(OC(=O)C(O)(c2cccs2)c2cccs2)CC1. The van der Waals surface area contributed by atoms with Crippen molar-refractivity contribution in [3.05, 3.63) is 74.1 Å². The molecular formula is C27H28F2N2O5S2. The van der Waals surface area contributed by atoms with Crippen LogP contribution in [0.5, 0.6) is 0 Å². The molecule has 1 saturated carbocycles. The first-order valence-electron chi connectivity index (χ1n) is 12.2. The molecule has 1 fully saturated rings. The Kier molecular flexibility index (Phi) is 9.03. The van der Waals surface area contributed by atoms with Gasteiger partial charge in [0.15, 0.2) is 6.29 Å². The molecule has 3 aromatic rings. The number of ether oxygens (including phenoxy) is 1. The van der Waals surface area contributed by atoms with E-state index in [1.54, 1.807) is 35.0 Å². The number of carbonyl (C=O) groups is 3. The van der Waals surface area contributed by atoms with Gasteiger partial charge in [0.05, 0.1) is 21.0 Å². The van der Waals surface area contributed by atoms with Crippen LogP contribution in [0.25, 0.3) is 0 Å². The van der Waals surface area contributed by atoms with E-state index in [1.165, 1.54) is 22.7 Å². The number of esters is 1. The number of amides is 1. The molecule has 0 unspecified atom stereocenters. The van der Waals surface area contributed by atoms with Gasteiger partial charge in [-0.2, -0.15) is 0 Å². The lowest BCUT2D eigenvalue weighted by Crippen LogP contribution is -2.42. The summed E-state index contributed by atoms with van der Waals surface area (Å²) in [5.74, 6) is -2.94. The summed E-state index contributed by atoms with van der Waals surface area (Å²) in [6, 6.07) is 8.71. The average molecular weight is 563 g/mol. The number of thiophene rings is 2. The average Bonchev–Trinajstić information content (AvgIpc) is 3.64. The maximum Gasteiger partial charge on any atom is 0.349 e. The van der Waals surface area contributed by atoms with E-state index in [-0.39, 0.29) is 30.5 Å². The summed E-state index contributed by atoms with van der Waals surface area (Å²) < 4.78 is 33.6. The number of nitrogens with one attached hydrogen (secondary N) is 1. The molecule has 2 N–H and O–H groups in total. The van der Waals surface area contributed by atoms with Gasteiger partial charge >= 0.3 is 5.97 Å². The summed E-state index contributed by atoms with van der Waals surface area (Å²) in [7, 11) is 1.88. The van der Waals surface area contributed by atoms with Crippen LogP contribution in [-0.4, -0.2) is 53.9 Å². The summed E-state index contributed by atoms with van der Waals surface area (Å²) in [5, 5.41) is 17.4.